The average molecular weight is 448 g/mol. The van der Waals surface area contributed by atoms with Gasteiger partial charge >= 0.3 is 29.6 Å². The van der Waals surface area contributed by atoms with Gasteiger partial charge in [0.2, 0.25) is 0 Å². The van der Waals surface area contributed by atoms with Gasteiger partial charge in [0.15, 0.2) is 5.82 Å². The molecule has 2 aromatic carbocycles. The predicted octanol–water partition coefficient (Wildman–Crippen LogP) is 5.46. The second kappa shape index (κ2) is 8.37. The molecule has 0 unspecified atom stereocenters. The van der Waals surface area contributed by atoms with Gasteiger partial charge in [-0.05, 0) is 23.8 Å². The SMILES string of the molecule is Cn1nc(C(C)(C)C)c(C#N)c1-c1nc2cc(-c3ccccc3Cl)cc(Cl)c2[nH]1.[NaH]. The molecule has 0 saturated carbocycles. The number of nitrogens with one attached hydrogen (secondary N) is 1. The summed E-state index contributed by atoms with van der Waals surface area (Å²) >= 11 is 12.9. The van der Waals surface area contributed by atoms with E-state index >= 15 is 0 Å². The number of aromatic amines is 1. The van der Waals surface area contributed by atoms with E-state index in [0.29, 0.717) is 38.2 Å². The molecule has 0 radical (unpaired) electrons. The first-order chi connectivity index (χ1) is 13.7. The minimum absolute atomic E-state index is 0. The third kappa shape index (κ3) is 3.91. The Morgan fingerprint density at radius 2 is 1.80 bits per heavy atom. The van der Waals surface area contributed by atoms with E-state index < -0.39 is 0 Å². The quantitative estimate of drug-likeness (QED) is 0.414. The Hall–Kier alpha value is -1.81. The van der Waals surface area contributed by atoms with Crippen molar-refractivity contribution < 1.29 is 0 Å². The zero-order valence-electron chi connectivity index (χ0n) is 16.5. The molecular weight excluding hydrogens is 428 g/mol. The molecule has 0 fully saturated rings. The summed E-state index contributed by atoms with van der Waals surface area (Å²) in [6, 6.07) is 13.7. The predicted molar refractivity (Wildman–Crippen MR) is 124 cm³/mol. The summed E-state index contributed by atoms with van der Waals surface area (Å²) in [5.41, 5.74) is 4.81. The number of aromatic nitrogens is 4. The number of fused-ring (bicyclic) bond motifs is 1. The first-order valence-corrected chi connectivity index (χ1v) is 9.88. The van der Waals surface area contributed by atoms with Crippen LogP contribution in [0.15, 0.2) is 36.4 Å². The molecule has 0 aliphatic heterocycles. The van der Waals surface area contributed by atoms with Gasteiger partial charge in [0.25, 0.3) is 0 Å². The molecule has 4 rings (SSSR count). The molecule has 2 heterocycles. The number of nitriles is 1. The van der Waals surface area contributed by atoms with E-state index in [1.54, 1.807) is 4.68 Å². The van der Waals surface area contributed by atoms with Gasteiger partial charge in [-0.25, -0.2) is 4.98 Å². The van der Waals surface area contributed by atoms with Gasteiger partial charge in [-0.1, -0.05) is 62.2 Å². The third-order valence-electron chi connectivity index (χ3n) is 4.82. The molecule has 0 amide bonds. The topological polar surface area (TPSA) is 70.3 Å². The normalized spacial score (nSPS) is 11.4. The Morgan fingerprint density at radius 3 is 2.43 bits per heavy atom. The molecule has 8 heteroatoms. The Labute approximate surface area is 207 Å². The summed E-state index contributed by atoms with van der Waals surface area (Å²) in [6.45, 7) is 6.10. The van der Waals surface area contributed by atoms with Gasteiger partial charge in [-0.15, -0.1) is 0 Å². The number of imidazole rings is 1. The van der Waals surface area contributed by atoms with Crippen LogP contribution in [-0.4, -0.2) is 49.3 Å². The van der Waals surface area contributed by atoms with Crippen molar-refractivity contribution in [3.05, 3.63) is 57.7 Å². The molecule has 0 atom stereocenters. The maximum atomic E-state index is 9.80. The second-order valence-electron chi connectivity index (χ2n) is 7.98. The van der Waals surface area contributed by atoms with Crippen LogP contribution in [0, 0.1) is 11.3 Å². The molecule has 0 aliphatic rings. The Kier molecular flexibility index (Phi) is 6.38. The van der Waals surface area contributed by atoms with E-state index in [1.807, 2.05) is 64.2 Å². The van der Waals surface area contributed by atoms with Gasteiger partial charge in [-0.3, -0.25) is 4.68 Å². The van der Waals surface area contributed by atoms with Crippen LogP contribution in [-0.2, 0) is 12.5 Å². The van der Waals surface area contributed by atoms with E-state index in [1.165, 1.54) is 0 Å². The fraction of sp³-hybridized carbons (Fsp3) is 0.227. The monoisotopic (exact) mass is 447 g/mol. The molecule has 30 heavy (non-hydrogen) atoms. The summed E-state index contributed by atoms with van der Waals surface area (Å²) < 4.78 is 1.69. The van der Waals surface area contributed by atoms with Crippen LogP contribution in [0.5, 0.6) is 0 Å². The number of hydrogen-bond acceptors (Lipinski definition) is 3. The minimum atomic E-state index is -0.262. The summed E-state index contributed by atoms with van der Waals surface area (Å²) in [5, 5.41) is 15.6. The summed E-state index contributed by atoms with van der Waals surface area (Å²) in [7, 11) is 1.81. The molecule has 2 aromatic heterocycles. The van der Waals surface area contributed by atoms with Crippen LogP contribution < -0.4 is 0 Å². The van der Waals surface area contributed by atoms with Crippen LogP contribution in [0.2, 0.25) is 10.0 Å². The molecule has 1 N–H and O–H groups in total. The van der Waals surface area contributed by atoms with Gasteiger partial charge in [0.05, 0.1) is 21.7 Å². The standard InChI is InChI=1S/C22H19Cl2N5.Na.H/c1-22(2,3)20-14(11-25)19(29(4)28-20)21-26-17-10-12(9-16(24)18(17)27-21)13-7-5-6-8-15(13)23;;/h5-10H,1-4H3,(H,26,27);;. The molecule has 0 saturated heterocycles. The number of benzene rings is 2. The molecule has 4 aromatic rings. The van der Waals surface area contributed by atoms with Crippen molar-refractivity contribution in [2.24, 2.45) is 7.05 Å². The van der Waals surface area contributed by atoms with Crippen molar-refractivity contribution in [2.75, 3.05) is 0 Å². The molecule has 5 nitrogen and oxygen atoms in total. The van der Waals surface area contributed by atoms with Gasteiger partial charge in [0.1, 0.15) is 17.3 Å². The van der Waals surface area contributed by atoms with E-state index in [4.69, 9.17) is 28.2 Å². The Balaban J connectivity index is 0.00000256. The Bertz CT molecular complexity index is 1290. The molecule has 0 bridgehead atoms. The van der Waals surface area contributed by atoms with Gasteiger partial charge in [0, 0.05) is 23.0 Å². The maximum absolute atomic E-state index is 9.80. The number of hydrogen-bond donors (Lipinski definition) is 1. The van der Waals surface area contributed by atoms with Crippen molar-refractivity contribution in [3.63, 3.8) is 0 Å². The van der Waals surface area contributed by atoms with Crippen LogP contribution in [0.1, 0.15) is 32.0 Å². The van der Waals surface area contributed by atoms with Crippen LogP contribution in [0.3, 0.4) is 0 Å². The molecule has 0 spiro atoms. The zero-order valence-corrected chi connectivity index (χ0v) is 18.0. The van der Waals surface area contributed by atoms with E-state index in [-0.39, 0.29) is 35.0 Å². The van der Waals surface area contributed by atoms with E-state index in [9.17, 15) is 5.26 Å². The number of aryl methyl sites for hydroxylation is 1. The Morgan fingerprint density at radius 1 is 1.10 bits per heavy atom. The fourth-order valence-electron chi connectivity index (χ4n) is 3.46. The summed E-state index contributed by atoms with van der Waals surface area (Å²) in [5.74, 6) is 0.556. The number of H-pyrrole nitrogens is 1. The van der Waals surface area contributed by atoms with Crippen molar-refractivity contribution >= 4 is 63.8 Å². The van der Waals surface area contributed by atoms with Crippen molar-refractivity contribution in [3.8, 4) is 28.7 Å². The van der Waals surface area contributed by atoms with E-state index in [0.717, 1.165) is 16.8 Å². The summed E-state index contributed by atoms with van der Waals surface area (Å²) in [4.78, 5) is 8.00. The van der Waals surface area contributed by atoms with Crippen LogP contribution >= 0.6 is 23.2 Å². The molecular formula is C22H20Cl2N5Na. The summed E-state index contributed by atoms with van der Waals surface area (Å²) in [6.07, 6.45) is 0. The van der Waals surface area contributed by atoms with Crippen molar-refractivity contribution in [1.29, 1.82) is 5.26 Å². The van der Waals surface area contributed by atoms with Gasteiger partial charge < -0.3 is 4.98 Å². The first kappa shape index (κ1) is 22.9. The van der Waals surface area contributed by atoms with Crippen LogP contribution in [0.4, 0.5) is 0 Å². The number of nitrogens with zero attached hydrogens (tertiary/aromatic N) is 4. The molecule has 148 valence electrons. The first-order valence-electron chi connectivity index (χ1n) is 9.13. The van der Waals surface area contributed by atoms with Crippen molar-refractivity contribution in [1.82, 2.24) is 19.7 Å². The van der Waals surface area contributed by atoms with E-state index in [2.05, 4.69) is 16.2 Å². The fourth-order valence-corrected chi connectivity index (χ4v) is 3.97. The van der Waals surface area contributed by atoms with Gasteiger partial charge in [-0.2, -0.15) is 10.4 Å². The van der Waals surface area contributed by atoms with Crippen LogP contribution in [0.25, 0.3) is 33.7 Å². The number of rotatable bonds is 2. The third-order valence-corrected chi connectivity index (χ3v) is 5.45. The number of halogens is 2. The average Bonchev–Trinajstić information content (AvgIpc) is 3.22. The van der Waals surface area contributed by atoms with Crippen molar-refractivity contribution in [2.45, 2.75) is 26.2 Å². The molecule has 0 aliphatic carbocycles. The second-order valence-corrected chi connectivity index (χ2v) is 8.79. The zero-order chi connectivity index (χ0) is 20.9.